The van der Waals surface area contributed by atoms with E-state index in [0.717, 1.165) is 5.56 Å². The minimum Gasteiger partial charge on any atom is -0.444 e. The van der Waals surface area contributed by atoms with Crippen LogP contribution in [-0.4, -0.2) is 23.6 Å². The van der Waals surface area contributed by atoms with Crippen LogP contribution in [-0.2, 0) is 16.1 Å². The Hall–Kier alpha value is -2.04. The largest absolute Gasteiger partial charge is 0.444 e. The molecule has 0 aromatic heterocycles. The van der Waals surface area contributed by atoms with Gasteiger partial charge in [0.2, 0.25) is 5.91 Å². The van der Waals surface area contributed by atoms with Gasteiger partial charge in [0.25, 0.3) is 0 Å². The summed E-state index contributed by atoms with van der Waals surface area (Å²) < 4.78 is 5.19. The Morgan fingerprint density at radius 2 is 1.82 bits per heavy atom. The zero-order chi connectivity index (χ0) is 16.2. The number of carbonyl (C=O) groups excluding carboxylic acids is 2. The molecule has 1 aliphatic rings. The van der Waals surface area contributed by atoms with E-state index in [1.54, 1.807) is 0 Å². The van der Waals surface area contributed by atoms with Gasteiger partial charge in [-0.05, 0) is 39.2 Å². The fourth-order valence-corrected chi connectivity index (χ4v) is 2.35. The van der Waals surface area contributed by atoms with Gasteiger partial charge < -0.3 is 15.4 Å². The zero-order valence-electron chi connectivity index (χ0n) is 13.4. The van der Waals surface area contributed by atoms with E-state index in [2.05, 4.69) is 10.6 Å². The molecule has 22 heavy (non-hydrogen) atoms. The molecular formula is C17H24N2O3. The molecule has 0 bridgehead atoms. The second-order valence-electron chi connectivity index (χ2n) is 6.71. The summed E-state index contributed by atoms with van der Waals surface area (Å²) in [5, 5.41) is 5.72. The number of benzene rings is 1. The Labute approximate surface area is 131 Å². The van der Waals surface area contributed by atoms with Crippen LogP contribution in [0.25, 0.3) is 0 Å². The highest BCUT2D eigenvalue weighted by atomic mass is 16.6. The first kappa shape index (κ1) is 16.3. The maximum absolute atomic E-state index is 12.0. The number of rotatable bonds is 4. The topological polar surface area (TPSA) is 67.4 Å². The summed E-state index contributed by atoms with van der Waals surface area (Å²) in [4.78, 5) is 23.6. The summed E-state index contributed by atoms with van der Waals surface area (Å²) in [6.45, 7) is 6.02. The van der Waals surface area contributed by atoms with Gasteiger partial charge in [-0.25, -0.2) is 4.79 Å². The lowest BCUT2D eigenvalue weighted by molar-refractivity contribution is -0.128. The number of hydrogen-bond acceptors (Lipinski definition) is 3. The van der Waals surface area contributed by atoms with Crippen LogP contribution in [0.4, 0.5) is 4.79 Å². The molecule has 2 N–H and O–H groups in total. The van der Waals surface area contributed by atoms with Gasteiger partial charge in [0.1, 0.15) is 5.60 Å². The van der Waals surface area contributed by atoms with E-state index in [1.165, 1.54) is 0 Å². The van der Waals surface area contributed by atoms with E-state index in [1.807, 2.05) is 51.1 Å². The second kappa shape index (κ2) is 6.81. The van der Waals surface area contributed by atoms with E-state index in [-0.39, 0.29) is 17.9 Å². The molecule has 120 valence electrons. The minimum atomic E-state index is -0.500. The molecule has 0 aliphatic heterocycles. The third-order valence-electron chi connectivity index (χ3n) is 3.54. The Balaban J connectivity index is 1.66. The summed E-state index contributed by atoms with van der Waals surface area (Å²) in [7, 11) is 0. The number of alkyl carbamates (subject to hydrolysis) is 1. The maximum Gasteiger partial charge on any atom is 0.407 e. The molecule has 0 atom stereocenters. The van der Waals surface area contributed by atoms with Crippen LogP contribution in [0.15, 0.2) is 30.3 Å². The zero-order valence-corrected chi connectivity index (χ0v) is 13.4. The third-order valence-corrected chi connectivity index (χ3v) is 3.54. The van der Waals surface area contributed by atoms with Crippen LogP contribution in [0.1, 0.15) is 39.2 Å². The lowest BCUT2D eigenvalue weighted by Crippen LogP contribution is -2.50. The molecule has 2 amide bonds. The van der Waals surface area contributed by atoms with Crippen LogP contribution in [0, 0.1) is 5.92 Å². The fraction of sp³-hybridized carbons (Fsp3) is 0.529. The third kappa shape index (κ3) is 5.06. The Bertz CT molecular complexity index is 516. The van der Waals surface area contributed by atoms with E-state index >= 15 is 0 Å². The summed E-state index contributed by atoms with van der Waals surface area (Å²) >= 11 is 0. The molecule has 5 nitrogen and oxygen atoms in total. The van der Waals surface area contributed by atoms with Gasteiger partial charge in [-0.15, -0.1) is 0 Å². The quantitative estimate of drug-likeness (QED) is 0.898. The fourth-order valence-electron chi connectivity index (χ4n) is 2.35. The Morgan fingerprint density at radius 1 is 1.18 bits per heavy atom. The number of ether oxygens (including phenoxy) is 1. The van der Waals surface area contributed by atoms with Crippen molar-refractivity contribution in [2.75, 3.05) is 0 Å². The summed E-state index contributed by atoms with van der Waals surface area (Å²) in [5.41, 5.74) is 0.582. The van der Waals surface area contributed by atoms with Crippen molar-refractivity contribution in [2.45, 2.75) is 51.8 Å². The van der Waals surface area contributed by atoms with E-state index in [0.29, 0.717) is 19.4 Å². The average molecular weight is 304 g/mol. The molecule has 1 fully saturated rings. The first-order chi connectivity index (χ1) is 10.3. The summed E-state index contributed by atoms with van der Waals surface area (Å²) in [5.74, 6) is 0.0229. The molecule has 0 radical (unpaired) electrons. The molecule has 0 saturated heterocycles. The number of carbonyl (C=O) groups is 2. The van der Waals surface area contributed by atoms with Crippen molar-refractivity contribution in [3.05, 3.63) is 35.9 Å². The highest BCUT2D eigenvalue weighted by Crippen LogP contribution is 2.28. The van der Waals surface area contributed by atoms with Gasteiger partial charge in [-0.2, -0.15) is 0 Å². The first-order valence-electron chi connectivity index (χ1n) is 7.64. The van der Waals surface area contributed by atoms with Crippen molar-refractivity contribution in [3.63, 3.8) is 0 Å². The highest BCUT2D eigenvalue weighted by molar-refractivity contribution is 5.80. The molecule has 1 aromatic rings. The van der Waals surface area contributed by atoms with Crippen molar-refractivity contribution in [1.82, 2.24) is 10.6 Å². The molecule has 0 unspecified atom stereocenters. The van der Waals surface area contributed by atoms with Crippen LogP contribution in [0.2, 0.25) is 0 Å². The number of hydrogen-bond donors (Lipinski definition) is 2. The van der Waals surface area contributed by atoms with Gasteiger partial charge in [-0.1, -0.05) is 30.3 Å². The van der Waals surface area contributed by atoms with Crippen LogP contribution in [0.5, 0.6) is 0 Å². The Kier molecular flexibility index (Phi) is 5.06. The molecule has 1 aliphatic carbocycles. The van der Waals surface area contributed by atoms with Crippen molar-refractivity contribution < 1.29 is 14.3 Å². The van der Waals surface area contributed by atoms with Crippen LogP contribution in [0.3, 0.4) is 0 Å². The standard InChI is InChI=1S/C17H24N2O3/c1-17(2,3)22-16(21)19-14-9-13(10-14)15(20)18-11-12-7-5-4-6-8-12/h4-8,13-14H,9-11H2,1-3H3,(H,18,20)(H,19,21). The molecular weight excluding hydrogens is 280 g/mol. The molecule has 1 aromatic carbocycles. The Morgan fingerprint density at radius 3 is 2.41 bits per heavy atom. The lowest BCUT2D eigenvalue weighted by Gasteiger charge is -2.35. The van der Waals surface area contributed by atoms with Crippen molar-refractivity contribution in [1.29, 1.82) is 0 Å². The second-order valence-corrected chi connectivity index (χ2v) is 6.71. The lowest BCUT2D eigenvalue weighted by atomic mass is 9.79. The van der Waals surface area contributed by atoms with Gasteiger partial charge >= 0.3 is 6.09 Å². The molecule has 5 heteroatoms. The predicted octanol–water partition coefficient (Wildman–Crippen LogP) is 2.61. The van der Waals surface area contributed by atoms with Crippen molar-refractivity contribution in [3.8, 4) is 0 Å². The molecule has 0 heterocycles. The van der Waals surface area contributed by atoms with Crippen molar-refractivity contribution >= 4 is 12.0 Å². The van der Waals surface area contributed by atoms with E-state index in [4.69, 9.17) is 4.74 Å². The monoisotopic (exact) mass is 304 g/mol. The van der Waals surface area contributed by atoms with Gasteiger partial charge in [-0.3, -0.25) is 4.79 Å². The van der Waals surface area contributed by atoms with Gasteiger partial charge in [0.05, 0.1) is 0 Å². The molecule has 0 spiro atoms. The average Bonchev–Trinajstić information content (AvgIpc) is 2.39. The first-order valence-corrected chi connectivity index (χ1v) is 7.64. The molecule has 2 rings (SSSR count). The van der Waals surface area contributed by atoms with Crippen molar-refractivity contribution in [2.24, 2.45) is 5.92 Å². The summed E-state index contributed by atoms with van der Waals surface area (Å²) in [6.07, 6.45) is 0.917. The van der Waals surface area contributed by atoms with E-state index < -0.39 is 11.7 Å². The smallest absolute Gasteiger partial charge is 0.407 e. The van der Waals surface area contributed by atoms with Gasteiger partial charge in [0.15, 0.2) is 0 Å². The maximum atomic E-state index is 12.0. The van der Waals surface area contributed by atoms with Crippen LogP contribution < -0.4 is 10.6 Å². The molecule has 1 saturated carbocycles. The minimum absolute atomic E-state index is 0.0244. The predicted molar refractivity (Wildman–Crippen MR) is 84.2 cm³/mol. The SMILES string of the molecule is CC(C)(C)OC(=O)NC1CC(C(=O)NCc2ccccc2)C1. The number of amides is 2. The van der Waals surface area contributed by atoms with Gasteiger partial charge in [0, 0.05) is 18.5 Å². The number of nitrogens with one attached hydrogen (secondary N) is 2. The highest BCUT2D eigenvalue weighted by Gasteiger charge is 2.36. The van der Waals surface area contributed by atoms with Crippen LogP contribution >= 0.6 is 0 Å². The normalized spacial score (nSPS) is 20.7. The van der Waals surface area contributed by atoms with E-state index in [9.17, 15) is 9.59 Å². The summed E-state index contributed by atoms with van der Waals surface area (Å²) in [6, 6.07) is 9.84.